The van der Waals surface area contributed by atoms with Crippen LogP contribution in [0.4, 0.5) is 16.3 Å². The van der Waals surface area contributed by atoms with Crippen molar-refractivity contribution in [1.82, 2.24) is 14.8 Å². The first kappa shape index (κ1) is 25.9. The number of nitrogens with zero attached hydrogens (tertiary/aromatic N) is 3. The number of rotatable bonds is 7. The van der Waals surface area contributed by atoms with E-state index in [2.05, 4.69) is 20.7 Å². The summed E-state index contributed by atoms with van der Waals surface area (Å²) in [4.78, 5) is 41.7. The molecule has 10 nitrogen and oxygen atoms in total. The minimum atomic E-state index is -0.932. The molecule has 0 bridgehead atoms. The van der Waals surface area contributed by atoms with Gasteiger partial charge in [-0.1, -0.05) is 43.2 Å². The maximum atomic E-state index is 12.9. The van der Waals surface area contributed by atoms with E-state index >= 15 is 0 Å². The molecule has 1 aliphatic carbocycles. The molecule has 37 heavy (non-hydrogen) atoms. The number of carboxylic acid groups (broad SMARTS) is 1. The Hall–Kier alpha value is -4.21. The van der Waals surface area contributed by atoms with Crippen LogP contribution in [-0.4, -0.2) is 37.8 Å². The summed E-state index contributed by atoms with van der Waals surface area (Å²) < 4.78 is 7.04. The lowest BCUT2D eigenvalue weighted by atomic mass is 9.78. The topological polar surface area (TPSA) is 135 Å². The fourth-order valence-corrected chi connectivity index (χ4v) is 4.66. The van der Waals surface area contributed by atoms with Crippen molar-refractivity contribution < 1.29 is 24.2 Å². The molecule has 1 fully saturated rings. The van der Waals surface area contributed by atoms with E-state index in [1.165, 1.54) is 4.68 Å². The first-order valence-corrected chi connectivity index (χ1v) is 12.3. The maximum absolute atomic E-state index is 12.9. The van der Waals surface area contributed by atoms with Crippen LogP contribution >= 0.6 is 0 Å². The van der Waals surface area contributed by atoms with Gasteiger partial charge in [0.05, 0.1) is 40.7 Å². The summed E-state index contributed by atoms with van der Waals surface area (Å²) in [6.07, 6.45) is 3.24. The molecule has 2 aromatic heterocycles. The van der Waals surface area contributed by atoms with E-state index in [1.807, 2.05) is 30.3 Å². The van der Waals surface area contributed by atoms with Crippen LogP contribution < -0.4 is 10.6 Å². The SMILES string of the molecule is Cc1nc(-c2cnn(C)c2NC(=O)OC(C)c2ccccc2)ccc1NC(=O)[C@H]1CCCC[C@@H]1C(=O)O. The molecule has 10 heteroatoms. The molecule has 194 valence electrons. The number of ether oxygens (including phenoxy) is 1. The van der Waals surface area contributed by atoms with E-state index in [9.17, 15) is 19.5 Å². The Labute approximate surface area is 215 Å². The summed E-state index contributed by atoms with van der Waals surface area (Å²) in [7, 11) is 1.70. The number of nitrogens with one attached hydrogen (secondary N) is 2. The van der Waals surface area contributed by atoms with Gasteiger partial charge in [-0.3, -0.25) is 24.6 Å². The van der Waals surface area contributed by atoms with Crippen molar-refractivity contribution in [2.75, 3.05) is 10.6 Å². The average Bonchev–Trinajstić information content (AvgIpc) is 3.25. The third kappa shape index (κ3) is 5.96. The average molecular weight is 506 g/mol. The van der Waals surface area contributed by atoms with E-state index in [0.717, 1.165) is 18.4 Å². The van der Waals surface area contributed by atoms with Crippen molar-refractivity contribution >= 4 is 29.5 Å². The number of hydrogen-bond donors (Lipinski definition) is 3. The Bertz CT molecular complexity index is 1290. The number of amides is 2. The Morgan fingerprint density at radius 2 is 1.76 bits per heavy atom. The van der Waals surface area contributed by atoms with Gasteiger partial charge in [-0.2, -0.15) is 5.10 Å². The lowest BCUT2D eigenvalue weighted by Gasteiger charge is -2.27. The minimum absolute atomic E-state index is 0.302. The second-order valence-electron chi connectivity index (χ2n) is 9.27. The van der Waals surface area contributed by atoms with Gasteiger partial charge < -0.3 is 15.2 Å². The third-order valence-electron chi connectivity index (χ3n) is 6.75. The lowest BCUT2D eigenvalue weighted by molar-refractivity contribution is -0.147. The molecular formula is C27H31N5O5. The summed E-state index contributed by atoms with van der Waals surface area (Å²) in [5.41, 5.74) is 3.09. The molecule has 1 aliphatic rings. The number of carbonyl (C=O) groups excluding carboxylic acids is 2. The molecular weight excluding hydrogens is 474 g/mol. The Morgan fingerprint density at radius 3 is 2.43 bits per heavy atom. The molecule has 3 atom stereocenters. The number of hydrogen-bond acceptors (Lipinski definition) is 6. The van der Waals surface area contributed by atoms with Crippen LogP contribution in [0.15, 0.2) is 48.7 Å². The second-order valence-corrected chi connectivity index (χ2v) is 9.27. The molecule has 3 aromatic rings. The van der Waals surface area contributed by atoms with Crippen molar-refractivity contribution in [3.05, 3.63) is 59.9 Å². The molecule has 0 aliphatic heterocycles. The number of carbonyl (C=O) groups is 3. The number of pyridine rings is 1. The summed E-state index contributed by atoms with van der Waals surface area (Å²) >= 11 is 0. The largest absolute Gasteiger partial charge is 0.481 e. The van der Waals surface area contributed by atoms with Gasteiger partial charge in [-0.25, -0.2) is 4.79 Å². The molecule has 1 saturated carbocycles. The second kappa shape index (κ2) is 11.2. The Kier molecular flexibility index (Phi) is 7.86. The first-order chi connectivity index (χ1) is 17.7. The molecule has 1 unspecified atom stereocenters. The maximum Gasteiger partial charge on any atom is 0.413 e. The van der Waals surface area contributed by atoms with Gasteiger partial charge in [-0.05, 0) is 44.4 Å². The third-order valence-corrected chi connectivity index (χ3v) is 6.75. The highest BCUT2D eigenvalue weighted by Gasteiger charge is 2.35. The van der Waals surface area contributed by atoms with Gasteiger partial charge in [-0.15, -0.1) is 0 Å². The van der Waals surface area contributed by atoms with Crippen molar-refractivity contribution in [3.63, 3.8) is 0 Å². The Morgan fingerprint density at radius 1 is 1.05 bits per heavy atom. The molecule has 1 aromatic carbocycles. The number of aryl methyl sites for hydroxylation is 2. The quantitative estimate of drug-likeness (QED) is 0.414. The zero-order valence-electron chi connectivity index (χ0n) is 21.1. The van der Waals surface area contributed by atoms with Crippen molar-refractivity contribution in [3.8, 4) is 11.3 Å². The van der Waals surface area contributed by atoms with Gasteiger partial charge in [0.25, 0.3) is 0 Å². The van der Waals surface area contributed by atoms with Crippen molar-refractivity contribution in [1.29, 1.82) is 0 Å². The predicted octanol–water partition coefficient (Wildman–Crippen LogP) is 4.93. The van der Waals surface area contributed by atoms with E-state index in [-0.39, 0.29) is 5.91 Å². The zero-order chi connectivity index (χ0) is 26.5. The molecule has 2 amide bonds. The van der Waals surface area contributed by atoms with Crippen LogP contribution in [0.2, 0.25) is 0 Å². The van der Waals surface area contributed by atoms with Gasteiger partial charge in [0.2, 0.25) is 5.91 Å². The number of benzene rings is 1. The molecule has 0 spiro atoms. The lowest BCUT2D eigenvalue weighted by Crippen LogP contribution is -2.36. The molecule has 3 N–H and O–H groups in total. The fourth-order valence-electron chi connectivity index (χ4n) is 4.66. The normalized spacial score (nSPS) is 18.0. The van der Waals surface area contributed by atoms with Gasteiger partial charge in [0.15, 0.2) is 0 Å². The predicted molar refractivity (Wildman–Crippen MR) is 138 cm³/mol. The smallest absolute Gasteiger partial charge is 0.413 e. The van der Waals surface area contributed by atoms with E-state index in [0.29, 0.717) is 41.3 Å². The van der Waals surface area contributed by atoms with Gasteiger partial charge in [0, 0.05) is 7.05 Å². The highest BCUT2D eigenvalue weighted by molar-refractivity contribution is 5.96. The highest BCUT2D eigenvalue weighted by Crippen LogP contribution is 2.32. The summed E-state index contributed by atoms with van der Waals surface area (Å²) in [6, 6.07) is 12.9. The zero-order valence-corrected chi connectivity index (χ0v) is 21.1. The molecule has 0 saturated heterocycles. The van der Waals surface area contributed by atoms with Crippen molar-refractivity contribution in [2.24, 2.45) is 18.9 Å². The van der Waals surface area contributed by atoms with Crippen LogP contribution in [-0.2, 0) is 21.4 Å². The fraction of sp³-hybridized carbons (Fsp3) is 0.370. The summed E-state index contributed by atoms with van der Waals surface area (Å²) in [6.45, 7) is 3.55. The standard InChI is InChI=1S/C27H31N5O5/c1-16-22(30-25(33)19-11-7-8-12-20(19)26(34)35)13-14-23(29-16)21-15-28-32(3)24(21)31-27(36)37-17(2)18-9-5-4-6-10-18/h4-6,9-10,13-15,17,19-20H,7-8,11-12H2,1-3H3,(H,30,33)(H,31,36)(H,34,35)/t17?,19-,20-/m0/s1. The van der Waals surface area contributed by atoms with E-state index in [4.69, 9.17) is 4.74 Å². The summed E-state index contributed by atoms with van der Waals surface area (Å²) in [5.74, 6) is -2.05. The Balaban J connectivity index is 1.47. The van der Waals surface area contributed by atoms with Crippen LogP contribution in [0.5, 0.6) is 0 Å². The summed E-state index contributed by atoms with van der Waals surface area (Å²) in [5, 5.41) is 19.4. The number of aromatic nitrogens is 3. The minimum Gasteiger partial charge on any atom is -0.481 e. The number of anilines is 2. The van der Waals surface area contributed by atoms with Crippen LogP contribution in [0.25, 0.3) is 11.3 Å². The highest BCUT2D eigenvalue weighted by atomic mass is 16.6. The molecule has 0 radical (unpaired) electrons. The van der Waals surface area contributed by atoms with Crippen LogP contribution in [0.3, 0.4) is 0 Å². The van der Waals surface area contributed by atoms with Crippen LogP contribution in [0.1, 0.15) is 50.0 Å². The number of aliphatic carboxylic acids is 1. The number of carboxylic acids is 1. The van der Waals surface area contributed by atoms with E-state index in [1.54, 1.807) is 39.2 Å². The van der Waals surface area contributed by atoms with Crippen molar-refractivity contribution in [2.45, 2.75) is 45.6 Å². The molecule has 4 rings (SSSR count). The van der Waals surface area contributed by atoms with Gasteiger partial charge >= 0.3 is 12.1 Å². The monoisotopic (exact) mass is 505 g/mol. The van der Waals surface area contributed by atoms with Crippen LogP contribution in [0, 0.1) is 18.8 Å². The van der Waals surface area contributed by atoms with Gasteiger partial charge in [0.1, 0.15) is 11.9 Å². The first-order valence-electron chi connectivity index (χ1n) is 12.3. The molecule has 2 heterocycles. The van der Waals surface area contributed by atoms with E-state index < -0.39 is 30.0 Å².